The Morgan fingerprint density at radius 3 is 2.43 bits per heavy atom. The molecule has 0 unspecified atom stereocenters. The number of allylic oxidation sites excluding steroid dienone is 2. The van der Waals surface area contributed by atoms with Crippen LogP contribution in [0, 0.1) is 11.8 Å². The van der Waals surface area contributed by atoms with Crippen LogP contribution in [0.5, 0.6) is 0 Å². The first-order chi connectivity index (χ1) is 6.50. The Hall–Kier alpha value is -0.373. The van der Waals surface area contributed by atoms with E-state index in [1.54, 1.807) is 0 Å². The van der Waals surface area contributed by atoms with Crippen molar-refractivity contribution in [2.75, 3.05) is 0 Å². The van der Waals surface area contributed by atoms with E-state index in [1.807, 2.05) is 0 Å². The van der Waals surface area contributed by atoms with Crippen molar-refractivity contribution >= 4 is 13.9 Å². The van der Waals surface area contributed by atoms with Gasteiger partial charge in [-0.3, -0.25) is 4.79 Å². The molecular weight excluding hydrogens is 188 g/mol. The van der Waals surface area contributed by atoms with Crippen molar-refractivity contribution in [1.29, 1.82) is 0 Å². The van der Waals surface area contributed by atoms with E-state index in [2.05, 4.69) is 25.7 Å². The van der Waals surface area contributed by atoms with Gasteiger partial charge in [0.15, 0.2) is 5.78 Å². The molecule has 1 fully saturated rings. The lowest BCUT2D eigenvalue weighted by atomic mass is 9.81. The molecule has 0 saturated heterocycles. The number of Topliss-reactive ketones (excluding diaryl/α,β-unsaturated/α-hetero) is 1. The van der Waals surface area contributed by atoms with Gasteiger partial charge in [-0.15, -0.1) is 0 Å². The predicted octanol–water partition coefficient (Wildman–Crippen LogP) is 3.18. The first kappa shape index (κ1) is 10.2. The number of rotatable bonds is 1. The summed E-state index contributed by atoms with van der Waals surface area (Å²) < 4.78 is 0. The summed E-state index contributed by atoms with van der Waals surface area (Å²) in [5.74, 6) is 1.50. The molecule has 2 atom stereocenters. The fraction of sp³-hybridized carbons (Fsp3) is 0.750. The second-order valence-electron chi connectivity index (χ2n) is 5.75. The van der Waals surface area contributed by atoms with Crippen LogP contribution in [0.1, 0.15) is 25.7 Å². The number of fused-ring (bicyclic) bond motifs is 1. The summed E-state index contributed by atoms with van der Waals surface area (Å²) in [7, 11) is -1.36. The first-order valence-electron chi connectivity index (χ1n) is 5.76. The van der Waals surface area contributed by atoms with Crippen LogP contribution in [0.2, 0.25) is 19.6 Å². The van der Waals surface area contributed by atoms with Crippen LogP contribution in [-0.4, -0.2) is 13.9 Å². The number of hydrogen-bond donors (Lipinski definition) is 0. The minimum absolute atomic E-state index is 0.380. The van der Waals surface area contributed by atoms with E-state index in [0.717, 1.165) is 6.42 Å². The van der Waals surface area contributed by atoms with Crippen molar-refractivity contribution in [3.8, 4) is 0 Å². The highest BCUT2D eigenvalue weighted by atomic mass is 28.3. The van der Waals surface area contributed by atoms with Crippen LogP contribution >= 0.6 is 0 Å². The Bertz CT molecular complexity index is 285. The van der Waals surface area contributed by atoms with Gasteiger partial charge in [0.05, 0.1) is 8.07 Å². The van der Waals surface area contributed by atoms with Gasteiger partial charge in [0, 0.05) is 5.92 Å². The average molecular weight is 208 g/mol. The van der Waals surface area contributed by atoms with E-state index in [4.69, 9.17) is 0 Å². The van der Waals surface area contributed by atoms with Crippen LogP contribution < -0.4 is 0 Å². The molecule has 0 amide bonds. The fourth-order valence-corrected chi connectivity index (χ4v) is 4.44. The summed E-state index contributed by atoms with van der Waals surface area (Å²) >= 11 is 0. The SMILES string of the molecule is C[Si](C)(C)C1=C[C@H]2CCCC[C@@H]2C1=O. The van der Waals surface area contributed by atoms with Crippen molar-refractivity contribution in [3.05, 3.63) is 11.3 Å². The van der Waals surface area contributed by atoms with E-state index in [0.29, 0.717) is 17.6 Å². The van der Waals surface area contributed by atoms with Gasteiger partial charge >= 0.3 is 0 Å². The number of carbonyl (C=O) groups excluding carboxylic acids is 1. The van der Waals surface area contributed by atoms with Gasteiger partial charge in [-0.1, -0.05) is 38.6 Å². The Kier molecular flexibility index (Phi) is 2.42. The summed E-state index contributed by atoms with van der Waals surface area (Å²) in [4.78, 5) is 12.2. The van der Waals surface area contributed by atoms with Crippen molar-refractivity contribution < 1.29 is 4.79 Å². The Labute approximate surface area is 87.6 Å². The third kappa shape index (κ3) is 1.60. The molecule has 0 N–H and O–H groups in total. The smallest absolute Gasteiger partial charge is 0.158 e. The Morgan fingerprint density at radius 1 is 1.21 bits per heavy atom. The standard InChI is InChI=1S/C12H20OSi/c1-14(2,3)11-8-9-6-4-5-7-10(9)12(11)13/h8-10H,4-7H2,1-3H3/t9-,10+/m1/s1. The average Bonchev–Trinajstić information content (AvgIpc) is 2.44. The molecule has 0 heterocycles. The van der Waals surface area contributed by atoms with E-state index in [9.17, 15) is 4.79 Å². The van der Waals surface area contributed by atoms with Crippen LogP contribution in [-0.2, 0) is 4.79 Å². The summed E-state index contributed by atoms with van der Waals surface area (Å²) in [5.41, 5.74) is 0. The summed E-state index contributed by atoms with van der Waals surface area (Å²) in [6, 6.07) is 0. The third-order valence-corrected chi connectivity index (χ3v) is 5.64. The highest BCUT2D eigenvalue weighted by Gasteiger charge is 2.41. The van der Waals surface area contributed by atoms with Crippen molar-refractivity contribution in [1.82, 2.24) is 0 Å². The molecule has 2 rings (SSSR count). The molecule has 14 heavy (non-hydrogen) atoms. The van der Waals surface area contributed by atoms with Gasteiger partial charge in [-0.25, -0.2) is 0 Å². The van der Waals surface area contributed by atoms with Crippen LogP contribution in [0.25, 0.3) is 0 Å². The number of hydrogen-bond acceptors (Lipinski definition) is 1. The number of carbonyl (C=O) groups is 1. The van der Waals surface area contributed by atoms with Crippen molar-refractivity contribution in [2.24, 2.45) is 11.8 Å². The second-order valence-corrected chi connectivity index (χ2v) is 10.8. The lowest BCUT2D eigenvalue weighted by Crippen LogP contribution is -2.30. The van der Waals surface area contributed by atoms with Gasteiger partial charge < -0.3 is 0 Å². The van der Waals surface area contributed by atoms with Crippen molar-refractivity contribution in [2.45, 2.75) is 45.3 Å². The highest BCUT2D eigenvalue weighted by molar-refractivity contribution is 6.87. The lowest BCUT2D eigenvalue weighted by molar-refractivity contribution is -0.119. The fourth-order valence-electron chi connectivity index (χ4n) is 2.80. The maximum absolute atomic E-state index is 12.2. The molecule has 0 bridgehead atoms. The normalized spacial score (nSPS) is 32.8. The van der Waals surface area contributed by atoms with Gasteiger partial charge in [0.25, 0.3) is 0 Å². The van der Waals surface area contributed by atoms with Gasteiger partial charge in [-0.2, -0.15) is 0 Å². The molecule has 0 spiro atoms. The molecule has 1 saturated carbocycles. The largest absolute Gasteiger partial charge is 0.295 e. The highest BCUT2D eigenvalue weighted by Crippen LogP contribution is 2.41. The molecule has 0 aromatic rings. The molecule has 2 heteroatoms. The number of ketones is 1. The van der Waals surface area contributed by atoms with Crippen LogP contribution in [0.15, 0.2) is 11.3 Å². The van der Waals surface area contributed by atoms with Gasteiger partial charge in [0.1, 0.15) is 0 Å². The zero-order valence-corrected chi connectivity index (χ0v) is 10.5. The van der Waals surface area contributed by atoms with Gasteiger partial charge in [-0.05, 0) is 24.0 Å². The molecule has 0 aliphatic heterocycles. The summed E-state index contributed by atoms with van der Waals surface area (Å²) in [6.45, 7) is 6.86. The quantitative estimate of drug-likeness (QED) is 0.605. The van der Waals surface area contributed by atoms with E-state index < -0.39 is 8.07 Å². The second kappa shape index (κ2) is 3.33. The summed E-state index contributed by atoms with van der Waals surface area (Å²) in [5, 5.41) is 1.23. The molecule has 1 nitrogen and oxygen atoms in total. The Balaban J connectivity index is 2.25. The molecule has 2 aliphatic carbocycles. The molecule has 0 radical (unpaired) electrons. The van der Waals surface area contributed by atoms with E-state index in [1.165, 1.54) is 24.5 Å². The predicted molar refractivity (Wildman–Crippen MR) is 61.9 cm³/mol. The minimum atomic E-state index is -1.36. The topological polar surface area (TPSA) is 17.1 Å². The maximum atomic E-state index is 12.2. The molecule has 0 aromatic heterocycles. The zero-order valence-electron chi connectivity index (χ0n) is 9.47. The molecular formula is C12H20OSi. The monoisotopic (exact) mass is 208 g/mol. The van der Waals surface area contributed by atoms with Gasteiger partial charge in [0.2, 0.25) is 0 Å². The minimum Gasteiger partial charge on any atom is -0.295 e. The molecule has 2 aliphatic rings. The van der Waals surface area contributed by atoms with Crippen molar-refractivity contribution in [3.63, 3.8) is 0 Å². The molecule has 78 valence electrons. The first-order valence-corrected chi connectivity index (χ1v) is 9.26. The van der Waals surface area contributed by atoms with E-state index in [-0.39, 0.29) is 0 Å². The van der Waals surface area contributed by atoms with Crippen LogP contribution in [0.4, 0.5) is 0 Å². The zero-order chi connectivity index (χ0) is 10.3. The maximum Gasteiger partial charge on any atom is 0.158 e. The third-order valence-electron chi connectivity index (χ3n) is 3.61. The van der Waals surface area contributed by atoms with E-state index >= 15 is 0 Å². The molecule has 0 aromatic carbocycles. The lowest BCUT2D eigenvalue weighted by Gasteiger charge is -2.23. The Morgan fingerprint density at radius 2 is 1.86 bits per heavy atom. The summed E-state index contributed by atoms with van der Waals surface area (Å²) in [6.07, 6.45) is 7.32. The van der Waals surface area contributed by atoms with Crippen LogP contribution in [0.3, 0.4) is 0 Å².